The number of nitrogens with two attached hydrogens (primary N) is 1. The zero-order valence-corrected chi connectivity index (χ0v) is 17.4. The fourth-order valence-electron chi connectivity index (χ4n) is 4.72. The highest BCUT2D eigenvalue weighted by atomic mass is 19.1. The average Bonchev–Trinajstić information content (AvgIpc) is 3.55. The minimum atomic E-state index is -0.438. The molecule has 1 aliphatic heterocycles. The van der Waals surface area contributed by atoms with E-state index in [1.165, 1.54) is 47.2 Å². The number of halogens is 1. The van der Waals surface area contributed by atoms with Crippen molar-refractivity contribution < 1.29 is 9.18 Å². The monoisotopic (exact) mass is 415 g/mol. The number of aromatic nitrogens is 1. The van der Waals surface area contributed by atoms with Crippen LogP contribution in [-0.4, -0.2) is 28.9 Å². The topological polar surface area (TPSA) is 59.2 Å². The van der Waals surface area contributed by atoms with Gasteiger partial charge in [0, 0.05) is 25.6 Å². The molecule has 1 unspecified atom stereocenters. The second kappa shape index (κ2) is 8.23. The first-order chi connectivity index (χ1) is 15.1. The van der Waals surface area contributed by atoms with Crippen molar-refractivity contribution >= 4 is 5.91 Å². The van der Waals surface area contributed by atoms with Crippen LogP contribution in [0.15, 0.2) is 60.8 Å². The molecule has 2 N–H and O–H groups in total. The van der Waals surface area contributed by atoms with Crippen LogP contribution in [-0.2, 0) is 6.54 Å². The number of likely N-dealkylation sites (tertiary alicyclic amines) is 1. The highest BCUT2D eigenvalue weighted by Gasteiger charge is 2.30. The zero-order valence-electron chi connectivity index (χ0n) is 17.4. The minimum absolute atomic E-state index is 0.147. The maximum absolute atomic E-state index is 13.1. The second-order valence-corrected chi connectivity index (χ2v) is 8.58. The smallest absolute Gasteiger partial charge is 0.272 e. The molecule has 0 spiro atoms. The van der Waals surface area contributed by atoms with Crippen LogP contribution in [0.1, 0.15) is 58.3 Å². The molecule has 0 bridgehead atoms. The molecule has 31 heavy (non-hydrogen) atoms. The molecule has 5 heteroatoms. The lowest BCUT2D eigenvalue weighted by molar-refractivity contribution is 0.0785. The molecule has 1 saturated heterocycles. The van der Waals surface area contributed by atoms with Gasteiger partial charge in [-0.25, -0.2) is 9.37 Å². The van der Waals surface area contributed by atoms with Gasteiger partial charge >= 0.3 is 0 Å². The number of amides is 1. The predicted molar refractivity (Wildman–Crippen MR) is 119 cm³/mol. The molecule has 4 nitrogen and oxygen atoms in total. The van der Waals surface area contributed by atoms with Crippen LogP contribution >= 0.6 is 0 Å². The number of nitrogens with zero attached hydrogens (tertiary/aromatic N) is 2. The molecule has 2 aromatic carbocycles. The number of carbonyl (C=O) groups excluding carboxylic acids is 1. The molecule has 1 amide bonds. The Morgan fingerprint density at radius 2 is 1.87 bits per heavy atom. The Morgan fingerprint density at radius 3 is 2.61 bits per heavy atom. The zero-order chi connectivity index (χ0) is 21.4. The van der Waals surface area contributed by atoms with E-state index in [0.29, 0.717) is 25.6 Å². The second-order valence-electron chi connectivity index (χ2n) is 8.58. The Hall–Kier alpha value is -3.05. The molecule has 158 valence electrons. The maximum atomic E-state index is 13.1. The summed E-state index contributed by atoms with van der Waals surface area (Å²) in [5.74, 6) is 0.348. The van der Waals surface area contributed by atoms with E-state index in [2.05, 4.69) is 47.4 Å². The Bertz CT molecular complexity index is 1110. The van der Waals surface area contributed by atoms with E-state index in [4.69, 9.17) is 5.73 Å². The Balaban J connectivity index is 1.37. The molecular weight excluding hydrogens is 389 g/mol. The van der Waals surface area contributed by atoms with E-state index in [9.17, 15) is 9.18 Å². The molecular formula is C26H26FN3O. The van der Waals surface area contributed by atoms with Crippen LogP contribution in [0.25, 0.3) is 11.1 Å². The van der Waals surface area contributed by atoms with Crippen molar-refractivity contribution in [3.8, 4) is 11.1 Å². The fourth-order valence-corrected chi connectivity index (χ4v) is 4.72. The van der Waals surface area contributed by atoms with E-state index < -0.39 is 5.82 Å². The van der Waals surface area contributed by atoms with Crippen molar-refractivity contribution in [2.75, 3.05) is 13.1 Å². The number of hydrogen-bond acceptors (Lipinski definition) is 3. The largest absolute Gasteiger partial charge is 0.337 e. The van der Waals surface area contributed by atoms with Crippen molar-refractivity contribution in [1.82, 2.24) is 9.88 Å². The van der Waals surface area contributed by atoms with Gasteiger partial charge in [0.15, 0.2) is 0 Å². The van der Waals surface area contributed by atoms with Gasteiger partial charge < -0.3 is 10.6 Å². The summed E-state index contributed by atoms with van der Waals surface area (Å²) in [4.78, 5) is 18.5. The number of benzene rings is 2. The SMILES string of the molecule is NCc1cc(-c2ccccc2C2CC2)ccc1C1CCN(C(=O)c2ccc(F)cn2)C1. The third-order valence-electron chi connectivity index (χ3n) is 6.51. The summed E-state index contributed by atoms with van der Waals surface area (Å²) in [6, 6.07) is 18.0. The third-order valence-corrected chi connectivity index (χ3v) is 6.51. The van der Waals surface area contributed by atoms with Crippen LogP contribution in [0.3, 0.4) is 0 Å². The highest BCUT2D eigenvalue weighted by molar-refractivity contribution is 5.92. The first-order valence-corrected chi connectivity index (χ1v) is 11.0. The summed E-state index contributed by atoms with van der Waals surface area (Å²) in [7, 11) is 0. The minimum Gasteiger partial charge on any atom is -0.337 e. The van der Waals surface area contributed by atoms with Crippen molar-refractivity contribution in [3.63, 3.8) is 0 Å². The van der Waals surface area contributed by atoms with Gasteiger partial charge in [0.25, 0.3) is 5.91 Å². The first kappa shape index (κ1) is 19.9. The molecule has 1 atom stereocenters. The Morgan fingerprint density at radius 1 is 1.03 bits per heavy atom. The highest BCUT2D eigenvalue weighted by Crippen LogP contribution is 2.44. The standard InChI is InChI=1S/C26H26FN3O/c27-21-8-10-25(29-15-21)26(31)30-12-11-19(16-30)22-9-7-18(13-20(22)14-28)24-4-2-1-3-23(24)17-5-6-17/h1-4,7-10,13,15,17,19H,5-6,11-12,14,16,28H2. The Kier molecular flexibility index (Phi) is 5.28. The average molecular weight is 416 g/mol. The predicted octanol–water partition coefficient (Wildman–Crippen LogP) is 4.85. The van der Waals surface area contributed by atoms with Gasteiger partial charge in [0.05, 0.1) is 6.20 Å². The van der Waals surface area contributed by atoms with Crippen LogP contribution in [0.2, 0.25) is 0 Å². The van der Waals surface area contributed by atoms with Crippen molar-refractivity contribution in [2.24, 2.45) is 5.73 Å². The van der Waals surface area contributed by atoms with E-state index >= 15 is 0 Å². The third kappa shape index (κ3) is 3.98. The molecule has 5 rings (SSSR count). The summed E-state index contributed by atoms with van der Waals surface area (Å²) in [5, 5.41) is 0. The van der Waals surface area contributed by atoms with Gasteiger partial charge in [-0.15, -0.1) is 0 Å². The van der Waals surface area contributed by atoms with E-state index in [1.807, 2.05) is 4.90 Å². The van der Waals surface area contributed by atoms with Gasteiger partial charge in [-0.1, -0.05) is 36.4 Å². The summed E-state index contributed by atoms with van der Waals surface area (Å²) in [6.45, 7) is 1.76. The summed E-state index contributed by atoms with van der Waals surface area (Å²) in [5.41, 5.74) is 12.7. The van der Waals surface area contributed by atoms with Gasteiger partial charge in [-0.2, -0.15) is 0 Å². The van der Waals surface area contributed by atoms with Gasteiger partial charge in [0.1, 0.15) is 11.5 Å². The fraction of sp³-hybridized carbons (Fsp3) is 0.308. The van der Waals surface area contributed by atoms with Crippen LogP contribution in [0.4, 0.5) is 4.39 Å². The maximum Gasteiger partial charge on any atom is 0.272 e. The number of rotatable bonds is 5. The lowest BCUT2D eigenvalue weighted by Crippen LogP contribution is -2.29. The van der Waals surface area contributed by atoms with E-state index in [-0.39, 0.29) is 17.5 Å². The Labute approximate surface area is 181 Å². The lowest BCUT2D eigenvalue weighted by Gasteiger charge is -2.19. The van der Waals surface area contributed by atoms with Crippen LogP contribution in [0.5, 0.6) is 0 Å². The van der Waals surface area contributed by atoms with Crippen molar-refractivity contribution in [2.45, 2.75) is 37.6 Å². The van der Waals surface area contributed by atoms with Crippen LogP contribution in [0, 0.1) is 5.82 Å². The summed E-state index contributed by atoms with van der Waals surface area (Å²) in [6.07, 6.45) is 4.52. The van der Waals surface area contributed by atoms with Crippen molar-refractivity contribution in [1.29, 1.82) is 0 Å². The van der Waals surface area contributed by atoms with Crippen LogP contribution < -0.4 is 5.73 Å². The van der Waals surface area contributed by atoms with E-state index in [1.54, 1.807) is 0 Å². The molecule has 3 aromatic rings. The molecule has 2 fully saturated rings. The molecule has 2 heterocycles. The van der Waals surface area contributed by atoms with Gasteiger partial charge in [-0.05, 0) is 71.2 Å². The number of pyridine rings is 1. The molecule has 1 saturated carbocycles. The molecule has 0 radical (unpaired) electrons. The van der Waals surface area contributed by atoms with Gasteiger partial charge in [-0.3, -0.25) is 4.79 Å². The number of carbonyl (C=O) groups is 1. The van der Waals surface area contributed by atoms with Crippen molar-refractivity contribution in [3.05, 3.63) is 89.0 Å². The normalized spacial score (nSPS) is 18.4. The number of hydrogen-bond donors (Lipinski definition) is 1. The lowest BCUT2D eigenvalue weighted by atomic mass is 9.89. The first-order valence-electron chi connectivity index (χ1n) is 11.0. The molecule has 1 aromatic heterocycles. The van der Waals surface area contributed by atoms with Gasteiger partial charge in [0.2, 0.25) is 0 Å². The quantitative estimate of drug-likeness (QED) is 0.648. The molecule has 1 aliphatic carbocycles. The summed E-state index contributed by atoms with van der Waals surface area (Å²) >= 11 is 0. The molecule has 2 aliphatic rings. The van der Waals surface area contributed by atoms with E-state index in [0.717, 1.165) is 18.2 Å². The summed E-state index contributed by atoms with van der Waals surface area (Å²) < 4.78 is 13.1.